The van der Waals surface area contributed by atoms with E-state index in [1.54, 1.807) is 0 Å². The fraction of sp³-hybridized carbons (Fsp3) is 0.273. The van der Waals surface area contributed by atoms with Crippen LogP contribution in [0.3, 0.4) is 0 Å². The van der Waals surface area contributed by atoms with Gasteiger partial charge in [0.15, 0.2) is 0 Å². The van der Waals surface area contributed by atoms with E-state index in [9.17, 15) is 0 Å². The predicted octanol–water partition coefficient (Wildman–Crippen LogP) is 1.99. The quantitative estimate of drug-likeness (QED) is 0.882. The van der Waals surface area contributed by atoms with E-state index in [4.69, 9.17) is 10.5 Å². The number of hydrogen-bond donors (Lipinski definition) is 2. The van der Waals surface area contributed by atoms with Crippen molar-refractivity contribution >= 4 is 15.9 Å². The van der Waals surface area contributed by atoms with Gasteiger partial charge in [-0.3, -0.25) is 0 Å². The molecule has 0 bridgehead atoms. The van der Waals surface area contributed by atoms with Crippen LogP contribution in [0.4, 0.5) is 0 Å². The third-order valence-corrected chi connectivity index (χ3v) is 2.79. The summed E-state index contributed by atoms with van der Waals surface area (Å²) in [6.07, 6.45) is 2.91. The van der Waals surface area contributed by atoms with Crippen LogP contribution in [0, 0.1) is 0 Å². The molecule has 4 heteroatoms. The highest BCUT2D eigenvalue weighted by Gasteiger charge is 2.13. The molecule has 1 heterocycles. The Kier molecular flexibility index (Phi) is 3.16. The van der Waals surface area contributed by atoms with Crippen LogP contribution in [-0.2, 0) is 0 Å². The molecule has 1 aromatic carbocycles. The van der Waals surface area contributed by atoms with E-state index in [1.165, 1.54) is 0 Å². The molecule has 0 saturated heterocycles. The molecule has 1 atom stereocenters. The number of rotatable bonds is 3. The number of halogens is 1. The monoisotopic (exact) mass is 268 g/mol. The van der Waals surface area contributed by atoms with Gasteiger partial charge in [0, 0.05) is 4.47 Å². The summed E-state index contributed by atoms with van der Waals surface area (Å²) in [6.45, 7) is 0.638. The maximum absolute atomic E-state index is 5.62. The largest absolute Gasteiger partial charge is 0.491 e. The highest BCUT2D eigenvalue weighted by Crippen LogP contribution is 2.17. The Morgan fingerprint density at radius 3 is 2.73 bits per heavy atom. The summed E-state index contributed by atoms with van der Waals surface area (Å²) in [7, 11) is 0. The SMILES string of the molecule is NC1=CCC(COc2ccc(Br)cc2)N1. The second-order valence-corrected chi connectivity index (χ2v) is 4.42. The van der Waals surface area contributed by atoms with Gasteiger partial charge in [0.1, 0.15) is 12.4 Å². The van der Waals surface area contributed by atoms with Gasteiger partial charge in [-0.25, -0.2) is 0 Å². The van der Waals surface area contributed by atoms with E-state index in [0.717, 1.165) is 22.5 Å². The van der Waals surface area contributed by atoms with Crippen LogP contribution >= 0.6 is 15.9 Å². The van der Waals surface area contributed by atoms with Gasteiger partial charge >= 0.3 is 0 Å². The van der Waals surface area contributed by atoms with Gasteiger partial charge in [-0.15, -0.1) is 0 Å². The zero-order valence-electron chi connectivity index (χ0n) is 8.24. The summed E-state index contributed by atoms with van der Waals surface area (Å²) < 4.78 is 6.68. The number of nitrogens with two attached hydrogens (primary N) is 1. The fourth-order valence-electron chi connectivity index (χ4n) is 1.46. The van der Waals surface area contributed by atoms with Crippen molar-refractivity contribution in [3.05, 3.63) is 40.6 Å². The first-order valence-electron chi connectivity index (χ1n) is 4.84. The Morgan fingerprint density at radius 2 is 2.13 bits per heavy atom. The molecule has 0 amide bonds. The van der Waals surface area contributed by atoms with E-state index >= 15 is 0 Å². The van der Waals surface area contributed by atoms with Crippen molar-refractivity contribution in [1.29, 1.82) is 0 Å². The molecule has 0 aromatic heterocycles. The summed E-state index contributed by atoms with van der Waals surface area (Å²) in [4.78, 5) is 0. The molecule has 3 N–H and O–H groups in total. The van der Waals surface area contributed by atoms with Crippen molar-refractivity contribution in [2.75, 3.05) is 6.61 Å². The Bertz CT molecular complexity index is 361. The van der Waals surface area contributed by atoms with Gasteiger partial charge in [0.05, 0.1) is 11.9 Å². The first-order valence-corrected chi connectivity index (χ1v) is 5.64. The fourth-order valence-corrected chi connectivity index (χ4v) is 1.72. The van der Waals surface area contributed by atoms with E-state index in [2.05, 4.69) is 21.2 Å². The standard InChI is InChI=1S/C11H13BrN2O/c12-8-1-4-10(5-2-8)15-7-9-3-6-11(13)14-9/h1-2,4-6,9,14H,3,7,13H2. The van der Waals surface area contributed by atoms with Crippen molar-refractivity contribution in [3.8, 4) is 5.75 Å². The predicted molar refractivity (Wildman–Crippen MR) is 63.4 cm³/mol. The summed E-state index contributed by atoms with van der Waals surface area (Å²) in [5.41, 5.74) is 5.60. The third kappa shape index (κ3) is 2.89. The van der Waals surface area contributed by atoms with Crippen molar-refractivity contribution in [1.82, 2.24) is 5.32 Å². The molecule has 3 nitrogen and oxygen atoms in total. The molecule has 0 fully saturated rings. The lowest BCUT2D eigenvalue weighted by Gasteiger charge is -2.13. The Morgan fingerprint density at radius 1 is 1.40 bits per heavy atom. The third-order valence-electron chi connectivity index (χ3n) is 2.26. The first-order chi connectivity index (χ1) is 7.24. The van der Waals surface area contributed by atoms with Gasteiger partial charge in [-0.2, -0.15) is 0 Å². The minimum atomic E-state index is 0.300. The maximum Gasteiger partial charge on any atom is 0.119 e. The van der Waals surface area contributed by atoms with Gasteiger partial charge in [0.2, 0.25) is 0 Å². The van der Waals surface area contributed by atoms with Crippen molar-refractivity contribution < 1.29 is 4.74 Å². The summed E-state index contributed by atoms with van der Waals surface area (Å²) in [5, 5.41) is 3.14. The normalized spacial score (nSPS) is 19.5. The van der Waals surface area contributed by atoms with Crippen LogP contribution in [0.5, 0.6) is 5.75 Å². The highest BCUT2D eigenvalue weighted by atomic mass is 79.9. The Labute approximate surface area is 97.4 Å². The summed E-state index contributed by atoms with van der Waals surface area (Å²) in [5.74, 6) is 1.63. The number of nitrogens with one attached hydrogen (secondary N) is 1. The molecule has 1 unspecified atom stereocenters. The minimum absolute atomic E-state index is 0.300. The smallest absolute Gasteiger partial charge is 0.119 e. The number of ether oxygens (including phenoxy) is 1. The van der Waals surface area contributed by atoms with E-state index < -0.39 is 0 Å². The maximum atomic E-state index is 5.62. The Balaban J connectivity index is 1.81. The molecular formula is C11H13BrN2O. The first kappa shape index (κ1) is 10.4. The van der Waals surface area contributed by atoms with E-state index in [-0.39, 0.29) is 0 Å². The molecule has 0 saturated carbocycles. The van der Waals surface area contributed by atoms with Gasteiger partial charge in [-0.1, -0.05) is 15.9 Å². The zero-order valence-corrected chi connectivity index (χ0v) is 9.83. The van der Waals surface area contributed by atoms with Crippen LogP contribution in [0.15, 0.2) is 40.6 Å². The molecule has 0 spiro atoms. The topological polar surface area (TPSA) is 47.3 Å². The van der Waals surface area contributed by atoms with Crippen molar-refractivity contribution in [3.63, 3.8) is 0 Å². The number of hydrogen-bond acceptors (Lipinski definition) is 3. The summed E-state index contributed by atoms with van der Waals surface area (Å²) in [6, 6.07) is 8.10. The van der Waals surface area contributed by atoms with E-state index in [0.29, 0.717) is 12.6 Å². The molecule has 0 radical (unpaired) electrons. The van der Waals surface area contributed by atoms with Crippen molar-refractivity contribution in [2.24, 2.45) is 5.73 Å². The lowest BCUT2D eigenvalue weighted by atomic mass is 10.2. The minimum Gasteiger partial charge on any atom is -0.491 e. The molecule has 80 valence electrons. The van der Waals surface area contributed by atoms with Crippen LogP contribution < -0.4 is 15.8 Å². The van der Waals surface area contributed by atoms with Crippen LogP contribution in [0.2, 0.25) is 0 Å². The molecule has 2 rings (SSSR count). The zero-order chi connectivity index (χ0) is 10.7. The molecular weight excluding hydrogens is 256 g/mol. The average molecular weight is 269 g/mol. The number of benzene rings is 1. The van der Waals surface area contributed by atoms with Crippen LogP contribution in [0.1, 0.15) is 6.42 Å². The van der Waals surface area contributed by atoms with Crippen LogP contribution in [0.25, 0.3) is 0 Å². The lowest BCUT2D eigenvalue weighted by molar-refractivity contribution is 0.278. The molecule has 1 aromatic rings. The summed E-state index contributed by atoms with van der Waals surface area (Å²) >= 11 is 3.38. The molecule has 0 aliphatic carbocycles. The second kappa shape index (κ2) is 4.57. The Hall–Kier alpha value is -1.16. The average Bonchev–Trinajstić information content (AvgIpc) is 2.64. The van der Waals surface area contributed by atoms with Crippen LogP contribution in [-0.4, -0.2) is 12.6 Å². The van der Waals surface area contributed by atoms with Crippen molar-refractivity contribution in [2.45, 2.75) is 12.5 Å². The second-order valence-electron chi connectivity index (χ2n) is 3.50. The van der Waals surface area contributed by atoms with Gasteiger partial charge in [-0.05, 0) is 36.8 Å². The lowest BCUT2D eigenvalue weighted by Crippen LogP contribution is -2.31. The highest BCUT2D eigenvalue weighted by molar-refractivity contribution is 9.10. The molecule has 1 aliphatic heterocycles. The van der Waals surface area contributed by atoms with E-state index in [1.807, 2.05) is 30.3 Å². The molecule has 15 heavy (non-hydrogen) atoms. The van der Waals surface area contributed by atoms with Gasteiger partial charge in [0.25, 0.3) is 0 Å². The van der Waals surface area contributed by atoms with Gasteiger partial charge < -0.3 is 15.8 Å². The molecule has 1 aliphatic rings.